The van der Waals surface area contributed by atoms with Crippen molar-refractivity contribution >= 4 is 17.5 Å². The predicted molar refractivity (Wildman–Crippen MR) is 83.3 cm³/mol. The second-order valence-electron chi connectivity index (χ2n) is 5.41. The highest BCUT2D eigenvalue weighted by Crippen LogP contribution is 2.17. The van der Waals surface area contributed by atoms with Crippen molar-refractivity contribution in [1.82, 2.24) is 10.6 Å². The van der Waals surface area contributed by atoms with Gasteiger partial charge in [-0.1, -0.05) is 19.3 Å². The van der Waals surface area contributed by atoms with Gasteiger partial charge in [0.05, 0.1) is 6.54 Å². The Morgan fingerprint density at radius 1 is 1.10 bits per heavy atom. The van der Waals surface area contributed by atoms with Gasteiger partial charge in [0.1, 0.15) is 0 Å². The summed E-state index contributed by atoms with van der Waals surface area (Å²) in [5.41, 5.74) is 1.44. The van der Waals surface area contributed by atoms with E-state index >= 15 is 0 Å². The van der Waals surface area contributed by atoms with Crippen LogP contribution in [-0.2, 0) is 4.79 Å². The van der Waals surface area contributed by atoms with Gasteiger partial charge in [0.15, 0.2) is 0 Å². The fraction of sp³-hybridized carbons (Fsp3) is 0.500. The maximum Gasteiger partial charge on any atom is 0.251 e. The number of rotatable bonds is 5. The Morgan fingerprint density at radius 2 is 1.76 bits per heavy atom. The molecule has 0 unspecified atom stereocenters. The van der Waals surface area contributed by atoms with Gasteiger partial charge in [-0.25, -0.2) is 0 Å². The molecule has 0 aromatic heterocycles. The molecule has 2 amide bonds. The second kappa shape index (κ2) is 7.67. The Hall–Kier alpha value is -2.04. The maximum atomic E-state index is 11.9. The molecule has 5 heteroatoms. The molecule has 3 N–H and O–H groups in total. The molecular formula is C16H23N3O2. The van der Waals surface area contributed by atoms with Gasteiger partial charge < -0.3 is 16.0 Å². The fourth-order valence-corrected chi connectivity index (χ4v) is 2.59. The second-order valence-corrected chi connectivity index (χ2v) is 5.41. The first-order valence-electron chi connectivity index (χ1n) is 7.54. The molecule has 0 heterocycles. The molecular weight excluding hydrogens is 266 g/mol. The lowest BCUT2D eigenvalue weighted by atomic mass is 9.95. The van der Waals surface area contributed by atoms with E-state index < -0.39 is 0 Å². The van der Waals surface area contributed by atoms with Crippen LogP contribution in [0.1, 0.15) is 42.5 Å². The van der Waals surface area contributed by atoms with Crippen LogP contribution in [0.2, 0.25) is 0 Å². The Labute approximate surface area is 125 Å². The zero-order valence-electron chi connectivity index (χ0n) is 12.4. The van der Waals surface area contributed by atoms with Crippen molar-refractivity contribution < 1.29 is 9.59 Å². The highest BCUT2D eigenvalue weighted by molar-refractivity contribution is 5.94. The Kier molecular flexibility index (Phi) is 5.60. The summed E-state index contributed by atoms with van der Waals surface area (Å²) in [7, 11) is 1.60. The Balaban J connectivity index is 1.76. The topological polar surface area (TPSA) is 70.2 Å². The van der Waals surface area contributed by atoms with Gasteiger partial charge in [-0.05, 0) is 37.1 Å². The van der Waals surface area contributed by atoms with Crippen molar-refractivity contribution in [3.8, 4) is 0 Å². The third kappa shape index (κ3) is 4.77. The molecule has 21 heavy (non-hydrogen) atoms. The standard InChI is InChI=1S/C16H23N3O2/c1-17-16(21)12-7-9-13(10-8-12)18-11-15(20)19-14-5-3-2-4-6-14/h7-10,14,18H,2-6,11H2,1H3,(H,17,21)(H,19,20). The van der Waals surface area contributed by atoms with Crippen LogP contribution in [0, 0.1) is 0 Å². The predicted octanol–water partition coefficient (Wildman–Crippen LogP) is 1.91. The SMILES string of the molecule is CNC(=O)c1ccc(NCC(=O)NC2CCCCC2)cc1. The maximum absolute atomic E-state index is 11.9. The van der Waals surface area contributed by atoms with Crippen molar-refractivity contribution in [1.29, 1.82) is 0 Å². The van der Waals surface area contributed by atoms with Crippen LogP contribution < -0.4 is 16.0 Å². The minimum atomic E-state index is -0.114. The van der Waals surface area contributed by atoms with E-state index in [2.05, 4.69) is 16.0 Å². The molecule has 0 bridgehead atoms. The fourth-order valence-electron chi connectivity index (χ4n) is 2.59. The molecule has 114 valence electrons. The Morgan fingerprint density at radius 3 is 2.38 bits per heavy atom. The molecule has 1 aromatic carbocycles. The molecule has 1 saturated carbocycles. The van der Waals surface area contributed by atoms with Gasteiger partial charge in [-0.15, -0.1) is 0 Å². The molecule has 0 atom stereocenters. The van der Waals surface area contributed by atoms with Gasteiger partial charge in [-0.3, -0.25) is 9.59 Å². The molecule has 1 aliphatic carbocycles. The first-order chi connectivity index (χ1) is 10.2. The third-order valence-electron chi connectivity index (χ3n) is 3.80. The van der Waals surface area contributed by atoms with Gasteiger partial charge in [0.2, 0.25) is 5.91 Å². The summed E-state index contributed by atoms with van der Waals surface area (Å²) >= 11 is 0. The summed E-state index contributed by atoms with van der Waals surface area (Å²) < 4.78 is 0. The number of hydrogen-bond acceptors (Lipinski definition) is 3. The van der Waals surface area contributed by atoms with E-state index in [9.17, 15) is 9.59 Å². The van der Waals surface area contributed by atoms with Gasteiger partial charge in [0.25, 0.3) is 5.91 Å². The lowest BCUT2D eigenvalue weighted by Gasteiger charge is -2.22. The number of carbonyl (C=O) groups is 2. The van der Waals surface area contributed by atoms with Crippen LogP contribution in [-0.4, -0.2) is 31.4 Å². The lowest BCUT2D eigenvalue weighted by molar-refractivity contribution is -0.120. The highest BCUT2D eigenvalue weighted by atomic mass is 16.2. The summed E-state index contributed by atoms with van der Waals surface area (Å²) in [6.45, 7) is 0.260. The monoisotopic (exact) mass is 289 g/mol. The number of carbonyl (C=O) groups excluding carboxylic acids is 2. The van der Waals surface area contributed by atoms with E-state index in [0.717, 1.165) is 18.5 Å². The first kappa shape index (κ1) is 15.4. The minimum absolute atomic E-state index is 0.0253. The molecule has 1 aromatic rings. The average molecular weight is 289 g/mol. The minimum Gasteiger partial charge on any atom is -0.376 e. The van der Waals surface area contributed by atoms with Crippen LogP contribution in [0.25, 0.3) is 0 Å². The summed E-state index contributed by atoms with van der Waals surface area (Å²) in [6, 6.07) is 7.42. The Bertz CT molecular complexity index is 479. The highest BCUT2D eigenvalue weighted by Gasteiger charge is 2.15. The molecule has 0 saturated heterocycles. The van der Waals surface area contributed by atoms with Crippen molar-refractivity contribution in [2.24, 2.45) is 0 Å². The van der Waals surface area contributed by atoms with Crippen LogP contribution in [0.5, 0.6) is 0 Å². The van der Waals surface area contributed by atoms with E-state index in [0.29, 0.717) is 11.6 Å². The van der Waals surface area contributed by atoms with Crippen molar-refractivity contribution in [3.63, 3.8) is 0 Å². The summed E-state index contributed by atoms with van der Waals surface area (Å²) in [5.74, 6) is -0.0890. The zero-order valence-corrected chi connectivity index (χ0v) is 12.4. The normalized spacial score (nSPS) is 15.3. The smallest absolute Gasteiger partial charge is 0.251 e. The molecule has 0 aliphatic heterocycles. The summed E-state index contributed by atoms with van der Waals surface area (Å²) in [6.07, 6.45) is 5.88. The molecule has 5 nitrogen and oxygen atoms in total. The van der Waals surface area contributed by atoms with E-state index in [4.69, 9.17) is 0 Å². The molecule has 2 rings (SSSR count). The average Bonchev–Trinajstić information content (AvgIpc) is 2.53. The number of hydrogen-bond donors (Lipinski definition) is 3. The van der Waals surface area contributed by atoms with E-state index in [1.165, 1.54) is 19.3 Å². The van der Waals surface area contributed by atoms with Gasteiger partial charge >= 0.3 is 0 Å². The number of anilines is 1. The van der Waals surface area contributed by atoms with E-state index in [1.807, 2.05) is 0 Å². The van der Waals surface area contributed by atoms with E-state index in [-0.39, 0.29) is 18.4 Å². The van der Waals surface area contributed by atoms with Crippen LogP contribution >= 0.6 is 0 Å². The molecule has 1 aliphatic rings. The van der Waals surface area contributed by atoms with E-state index in [1.54, 1.807) is 31.3 Å². The summed E-state index contributed by atoms with van der Waals surface area (Å²) in [4.78, 5) is 23.3. The van der Waals surface area contributed by atoms with Gasteiger partial charge in [0, 0.05) is 24.3 Å². The van der Waals surface area contributed by atoms with Crippen LogP contribution in [0.3, 0.4) is 0 Å². The molecule has 0 spiro atoms. The number of benzene rings is 1. The zero-order chi connectivity index (χ0) is 15.1. The molecule has 1 fully saturated rings. The largest absolute Gasteiger partial charge is 0.376 e. The summed E-state index contributed by atoms with van der Waals surface area (Å²) in [5, 5.41) is 8.71. The third-order valence-corrected chi connectivity index (χ3v) is 3.80. The quantitative estimate of drug-likeness (QED) is 0.775. The van der Waals surface area contributed by atoms with Gasteiger partial charge in [-0.2, -0.15) is 0 Å². The van der Waals surface area contributed by atoms with Crippen molar-refractivity contribution in [2.75, 3.05) is 18.9 Å². The molecule has 0 radical (unpaired) electrons. The van der Waals surface area contributed by atoms with Crippen LogP contribution in [0.15, 0.2) is 24.3 Å². The van der Waals surface area contributed by atoms with Crippen LogP contribution in [0.4, 0.5) is 5.69 Å². The lowest BCUT2D eigenvalue weighted by Crippen LogP contribution is -2.39. The first-order valence-corrected chi connectivity index (χ1v) is 7.54. The number of nitrogens with one attached hydrogen (secondary N) is 3. The van der Waals surface area contributed by atoms with Crippen molar-refractivity contribution in [2.45, 2.75) is 38.1 Å². The number of amides is 2. The van der Waals surface area contributed by atoms with Crippen molar-refractivity contribution in [3.05, 3.63) is 29.8 Å².